The van der Waals surface area contributed by atoms with Crippen molar-refractivity contribution in [3.05, 3.63) is 17.5 Å². The summed E-state index contributed by atoms with van der Waals surface area (Å²) in [6.07, 6.45) is -0.529. The van der Waals surface area contributed by atoms with Gasteiger partial charge in [-0.15, -0.1) is 0 Å². The van der Waals surface area contributed by atoms with Crippen LogP contribution in [0.1, 0.15) is 11.5 Å². The minimum atomic E-state index is -3.35. The van der Waals surface area contributed by atoms with E-state index >= 15 is 0 Å². The summed E-state index contributed by atoms with van der Waals surface area (Å²) in [6.45, 7) is 2.06. The fourth-order valence-electron chi connectivity index (χ4n) is 1.41. The van der Waals surface area contributed by atoms with E-state index in [-0.39, 0.29) is 18.8 Å². The van der Waals surface area contributed by atoms with Crippen molar-refractivity contribution in [3.8, 4) is 0 Å². The average Bonchev–Trinajstić information content (AvgIpc) is 2.44. The van der Waals surface area contributed by atoms with Crippen molar-refractivity contribution in [3.63, 3.8) is 0 Å². The molecule has 7 heteroatoms. The normalized spacial score (nSPS) is 19.1. The van der Waals surface area contributed by atoms with Crippen molar-refractivity contribution in [2.24, 2.45) is 0 Å². The second kappa shape index (κ2) is 3.58. The number of hydrogen-bond acceptors (Lipinski definition) is 5. The van der Waals surface area contributed by atoms with Crippen LogP contribution in [-0.2, 0) is 15.8 Å². The van der Waals surface area contributed by atoms with Gasteiger partial charge in [0.2, 0.25) is 10.0 Å². The van der Waals surface area contributed by atoms with Gasteiger partial charge in [0.25, 0.3) is 0 Å². The van der Waals surface area contributed by atoms with Crippen molar-refractivity contribution >= 4 is 10.0 Å². The highest BCUT2D eigenvalue weighted by Crippen LogP contribution is 2.17. The van der Waals surface area contributed by atoms with Crippen LogP contribution in [0.4, 0.5) is 0 Å². The van der Waals surface area contributed by atoms with Crippen LogP contribution < -0.4 is 0 Å². The van der Waals surface area contributed by atoms with Crippen molar-refractivity contribution in [2.45, 2.75) is 18.8 Å². The summed E-state index contributed by atoms with van der Waals surface area (Å²) in [5, 5.41) is 12.6. The third-order valence-electron chi connectivity index (χ3n) is 2.23. The first-order valence-corrected chi connectivity index (χ1v) is 6.16. The van der Waals surface area contributed by atoms with Gasteiger partial charge in [0.15, 0.2) is 0 Å². The van der Waals surface area contributed by atoms with Crippen LogP contribution in [0.15, 0.2) is 10.6 Å². The third-order valence-corrected chi connectivity index (χ3v) is 3.97. The summed E-state index contributed by atoms with van der Waals surface area (Å²) in [5.74, 6) is 0.417. The largest absolute Gasteiger partial charge is 0.390 e. The molecule has 1 fully saturated rings. The van der Waals surface area contributed by atoms with E-state index in [2.05, 4.69) is 5.16 Å². The number of nitrogens with zero attached hydrogens (tertiary/aromatic N) is 2. The van der Waals surface area contributed by atoms with Gasteiger partial charge in [0.05, 0.1) is 6.10 Å². The molecule has 0 aromatic carbocycles. The Hall–Kier alpha value is -0.920. The molecule has 1 saturated heterocycles. The lowest BCUT2D eigenvalue weighted by molar-refractivity contribution is 0.0546. The predicted octanol–water partition coefficient (Wildman–Crippen LogP) is -0.511. The number of rotatable bonds is 3. The number of aromatic nitrogens is 1. The van der Waals surface area contributed by atoms with Crippen molar-refractivity contribution in [1.82, 2.24) is 9.46 Å². The minimum Gasteiger partial charge on any atom is -0.390 e. The molecule has 1 aliphatic rings. The van der Waals surface area contributed by atoms with Gasteiger partial charge < -0.3 is 9.63 Å². The van der Waals surface area contributed by atoms with Crippen LogP contribution in [-0.4, -0.2) is 42.2 Å². The highest BCUT2D eigenvalue weighted by Gasteiger charge is 2.34. The summed E-state index contributed by atoms with van der Waals surface area (Å²) in [4.78, 5) is 0. The van der Waals surface area contributed by atoms with Gasteiger partial charge in [0, 0.05) is 19.2 Å². The molecule has 2 heterocycles. The standard InChI is InChI=1S/C8H12N2O4S/c1-6-2-7(9-14-6)5-15(12,13)10-3-8(11)4-10/h2,8,11H,3-5H2,1H3. The summed E-state index contributed by atoms with van der Waals surface area (Å²) in [7, 11) is -3.35. The van der Waals surface area contributed by atoms with Gasteiger partial charge >= 0.3 is 0 Å². The zero-order valence-corrected chi connectivity index (χ0v) is 9.07. The van der Waals surface area contributed by atoms with Gasteiger partial charge in [-0.05, 0) is 6.92 Å². The first-order valence-electron chi connectivity index (χ1n) is 4.55. The third kappa shape index (κ3) is 2.19. The zero-order chi connectivity index (χ0) is 11.1. The van der Waals surface area contributed by atoms with E-state index in [1.165, 1.54) is 4.31 Å². The molecule has 0 unspecified atom stereocenters. The number of aryl methyl sites for hydroxylation is 1. The molecule has 1 aliphatic heterocycles. The Morgan fingerprint density at radius 3 is 2.80 bits per heavy atom. The van der Waals surface area contributed by atoms with Gasteiger partial charge in [-0.3, -0.25) is 0 Å². The molecule has 0 bridgehead atoms. The monoisotopic (exact) mass is 232 g/mol. The van der Waals surface area contributed by atoms with Crippen LogP contribution in [0.3, 0.4) is 0 Å². The average molecular weight is 232 g/mol. The summed E-state index contributed by atoms with van der Waals surface area (Å²) >= 11 is 0. The molecule has 0 saturated carbocycles. The molecule has 0 radical (unpaired) electrons. The van der Waals surface area contributed by atoms with Crippen molar-refractivity contribution in [2.75, 3.05) is 13.1 Å². The predicted molar refractivity (Wildman–Crippen MR) is 51.4 cm³/mol. The highest BCUT2D eigenvalue weighted by atomic mass is 32.2. The van der Waals surface area contributed by atoms with Crippen LogP contribution in [0.2, 0.25) is 0 Å². The maximum absolute atomic E-state index is 11.7. The van der Waals surface area contributed by atoms with Crippen LogP contribution in [0.25, 0.3) is 0 Å². The molecule has 84 valence electrons. The Morgan fingerprint density at radius 1 is 1.67 bits per heavy atom. The van der Waals surface area contributed by atoms with E-state index < -0.39 is 16.1 Å². The van der Waals surface area contributed by atoms with Gasteiger partial charge in [-0.25, -0.2) is 8.42 Å². The number of β-amino-alcohol motifs (C(OH)–C–C–N with tert-alkyl or cyclic N) is 1. The molecular formula is C8H12N2O4S. The molecule has 1 aromatic rings. The second-order valence-corrected chi connectivity index (χ2v) is 5.62. The topological polar surface area (TPSA) is 83.6 Å². The molecular weight excluding hydrogens is 220 g/mol. The zero-order valence-electron chi connectivity index (χ0n) is 8.25. The molecule has 0 amide bonds. The van der Waals surface area contributed by atoms with Crippen LogP contribution in [0.5, 0.6) is 0 Å². The van der Waals surface area contributed by atoms with E-state index in [1.807, 2.05) is 0 Å². The van der Waals surface area contributed by atoms with E-state index in [9.17, 15) is 8.42 Å². The Bertz CT molecular complexity index is 447. The van der Waals surface area contributed by atoms with Crippen LogP contribution in [0, 0.1) is 6.92 Å². The van der Waals surface area contributed by atoms with Gasteiger partial charge in [0.1, 0.15) is 17.2 Å². The quantitative estimate of drug-likeness (QED) is 0.758. The molecule has 15 heavy (non-hydrogen) atoms. The Morgan fingerprint density at radius 2 is 2.33 bits per heavy atom. The van der Waals surface area contributed by atoms with Crippen LogP contribution >= 0.6 is 0 Å². The first kappa shape index (κ1) is 10.6. The smallest absolute Gasteiger partial charge is 0.220 e. The summed E-state index contributed by atoms with van der Waals surface area (Å²) in [5.41, 5.74) is 0.397. The fourth-order valence-corrected chi connectivity index (χ4v) is 2.90. The highest BCUT2D eigenvalue weighted by molar-refractivity contribution is 7.88. The minimum absolute atomic E-state index is 0.170. The number of aliphatic hydroxyl groups is 1. The van der Waals surface area contributed by atoms with Crippen molar-refractivity contribution in [1.29, 1.82) is 0 Å². The first-order chi connectivity index (χ1) is 6.97. The number of hydrogen-bond donors (Lipinski definition) is 1. The lowest BCUT2D eigenvalue weighted by Crippen LogP contribution is -2.53. The molecule has 1 aromatic heterocycles. The molecule has 0 aliphatic carbocycles. The van der Waals surface area contributed by atoms with E-state index in [0.29, 0.717) is 11.5 Å². The maximum Gasteiger partial charge on any atom is 0.220 e. The Labute approximate surface area is 87.5 Å². The van der Waals surface area contributed by atoms with Crippen molar-refractivity contribution < 1.29 is 18.0 Å². The van der Waals surface area contributed by atoms with E-state index in [4.69, 9.17) is 9.63 Å². The summed E-state index contributed by atoms with van der Waals surface area (Å²) < 4.78 is 29.4. The van der Waals surface area contributed by atoms with Gasteiger partial charge in [-0.1, -0.05) is 5.16 Å². The molecule has 6 nitrogen and oxygen atoms in total. The lowest BCUT2D eigenvalue weighted by atomic mass is 10.2. The SMILES string of the molecule is Cc1cc(CS(=O)(=O)N2CC(O)C2)no1. The van der Waals surface area contributed by atoms with E-state index in [0.717, 1.165) is 0 Å². The fraction of sp³-hybridized carbons (Fsp3) is 0.625. The Balaban J connectivity index is 2.05. The summed E-state index contributed by atoms with van der Waals surface area (Å²) in [6, 6.07) is 1.59. The second-order valence-electron chi connectivity index (χ2n) is 3.66. The number of aliphatic hydroxyl groups excluding tert-OH is 1. The molecule has 1 N–H and O–H groups in total. The van der Waals surface area contributed by atoms with Gasteiger partial charge in [-0.2, -0.15) is 4.31 Å². The molecule has 2 rings (SSSR count). The Kier molecular flexibility index (Phi) is 2.53. The number of sulfonamides is 1. The maximum atomic E-state index is 11.7. The lowest BCUT2D eigenvalue weighted by Gasteiger charge is -2.34. The molecule has 0 spiro atoms. The van der Waals surface area contributed by atoms with E-state index in [1.54, 1.807) is 13.0 Å². The molecule has 0 atom stereocenters.